The van der Waals surface area contributed by atoms with Gasteiger partial charge in [-0.25, -0.2) is 9.59 Å². The third-order valence-corrected chi connectivity index (χ3v) is 17.2. The van der Waals surface area contributed by atoms with E-state index in [1.54, 1.807) is 0 Å². The Morgan fingerprint density at radius 1 is 0.606 bits per heavy atom. The number of carbonyl (C=O) groups is 4. The lowest BCUT2D eigenvalue weighted by molar-refractivity contribution is -0.149. The van der Waals surface area contributed by atoms with Crippen molar-refractivity contribution < 1.29 is 38.9 Å². The molecule has 2 amide bonds. The zero-order chi connectivity index (χ0) is 49.3. The number of hydrogen-bond acceptors (Lipinski definition) is 8. The molecule has 1 aromatic carbocycles. The predicted molar refractivity (Wildman–Crippen MR) is 266 cm³/mol. The average Bonchev–Trinajstić information content (AvgIpc) is 3.29. The Morgan fingerprint density at radius 3 is 1.45 bits per heavy atom. The molecular weight excluding hydrogens is 833 g/mol. The summed E-state index contributed by atoms with van der Waals surface area (Å²) in [7, 11) is 0. The van der Waals surface area contributed by atoms with Gasteiger partial charge in [0.2, 0.25) is 0 Å². The molecule has 1 aromatic rings. The summed E-state index contributed by atoms with van der Waals surface area (Å²) in [4.78, 5) is 55.5. The highest BCUT2D eigenvalue weighted by Gasteiger charge is 2.55. The molecule has 4 N–H and O–H groups in total. The number of carbonyl (C=O) groups excluding carboxylic acids is 2. The molecule has 378 valence electrons. The van der Waals surface area contributed by atoms with Gasteiger partial charge >= 0.3 is 24.1 Å². The van der Waals surface area contributed by atoms with Crippen LogP contribution in [0.1, 0.15) is 233 Å². The maximum atomic E-state index is 12.9. The number of nitrogens with zero attached hydrogens (tertiary/aromatic N) is 2. The quantitative estimate of drug-likeness (QED) is 0.0471. The summed E-state index contributed by atoms with van der Waals surface area (Å²) in [5.41, 5.74) is 2.81. The molecule has 12 heteroatoms. The van der Waals surface area contributed by atoms with Crippen molar-refractivity contribution in [2.24, 2.45) is 11.8 Å². The van der Waals surface area contributed by atoms with E-state index in [1.807, 2.05) is 0 Å². The van der Waals surface area contributed by atoms with Crippen LogP contribution < -0.4 is 10.6 Å². The molecule has 0 aromatic heterocycles. The fraction of sp³-hybridized carbons (Fsp3) is 0.815. The normalized spacial score (nSPS) is 28.2. The number of ether oxygens (including phenoxy) is 2. The Labute approximate surface area is 400 Å². The van der Waals surface area contributed by atoms with Crippen molar-refractivity contribution in [2.45, 2.75) is 246 Å². The number of hydrogen-bond donors (Lipinski definition) is 4. The third-order valence-electron chi connectivity index (χ3n) is 17.2. The van der Waals surface area contributed by atoms with Crippen molar-refractivity contribution in [3.63, 3.8) is 0 Å². The van der Waals surface area contributed by atoms with Gasteiger partial charge in [-0.2, -0.15) is 0 Å². The number of piperidine rings is 2. The molecule has 0 radical (unpaired) electrons. The smallest absolute Gasteiger partial charge is 0.404 e. The highest BCUT2D eigenvalue weighted by atomic mass is 16.5. The molecule has 3 rings (SSSR count). The number of amides is 2. The fourth-order valence-electron chi connectivity index (χ4n) is 12.2. The highest BCUT2D eigenvalue weighted by Crippen LogP contribution is 2.56. The van der Waals surface area contributed by atoms with E-state index in [1.165, 1.54) is 19.3 Å². The van der Waals surface area contributed by atoms with Crippen LogP contribution in [-0.4, -0.2) is 92.6 Å². The van der Waals surface area contributed by atoms with Crippen LogP contribution >= 0.6 is 0 Å². The van der Waals surface area contributed by atoms with Crippen LogP contribution in [0.15, 0.2) is 12.1 Å². The molecule has 2 aliphatic rings. The summed E-state index contributed by atoms with van der Waals surface area (Å²) in [5, 5.41) is 25.6. The fourth-order valence-corrected chi connectivity index (χ4v) is 12.2. The number of benzene rings is 1. The molecule has 12 nitrogen and oxygen atoms in total. The second-order valence-electron chi connectivity index (χ2n) is 20.9. The summed E-state index contributed by atoms with van der Waals surface area (Å²) in [5.74, 6) is -0.0462. The summed E-state index contributed by atoms with van der Waals surface area (Å²) in [6.07, 6.45) is 14.5. The van der Waals surface area contributed by atoms with E-state index in [0.29, 0.717) is 39.1 Å². The molecule has 2 fully saturated rings. The molecule has 0 aliphatic carbocycles. The maximum Gasteiger partial charge on any atom is 0.404 e. The van der Waals surface area contributed by atoms with Gasteiger partial charge in [0.1, 0.15) is 13.2 Å². The van der Waals surface area contributed by atoms with E-state index >= 15 is 0 Å². The first-order valence-electron chi connectivity index (χ1n) is 26.2. The minimum Gasteiger partial charge on any atom is -0.465 e. The molecule has 0 bridgehead atoms. The number of rotatable bonds is 28. The van der Waals surface area contributed by atoms with E-state index in [9.17, 15) is 29.4 Å². The van der Waals surface area contributed by atoms with Crippen LogP contribution in [-0.2, 0) is 32.2 Å². The highest BCUT2D eigenvalue weighted by molar-refractivity contribution is 5.69. The lowest BCUT2D eigenvalue weighted by Crippen LogP contribution is -2.66. The lowest BCUT2D eigenvalue weighted by Gasteiger charge is -2.62. The van der Waals surface area contributed by atoms with Gasteiger partial charge in [0.25, 0.3) is 0 Å². The van der Waals surface area contributed by atoms with Crippen LogP contribution in [0.5, 0.6) is 0 Å². The number of carboxylic acid groups (broad SMARTS) is 2. The molecular formula is C54H94N4O8. The molecule has 66 heavy (non-hydrogen) atoms. The first kappa shape index (κ1) is 56.9. The first-order valence-corrected chi connectivity index (χ1v) is 26.2. The summed E-state index contributed by atoms with van der Waals surface area (Å²) >= 11 is 0. The van der Waals surface area contributed by atoms with Crippen LogP contribution in [0.4, 0.5) is 9.59 Å². The summed E-state index contributed by atoms with van der Waals surface area (Å²) in [6.45, 7) is 29.3. The van der Waals surface area contributed by atoms with Crippen LogP contribution in [0.2, 0.25) is 0 Å². The van der Waals surface area contributed by atoms with E-state index in [2.05, 4.69) is 116 Å². The Balaban J connectivity index is 2.11. The topological polar surface area (TPSA) is 158 Å². The van der Waals surface area contributed by atoms with Crippen molar-refractivity contribution in [1.29, 1.82) is 0 Å². The van der Waals surface area contributed by atoms with Gasteiger partial charge in [0.05, 0.1) is 0 Å². The second-order valence-corrected chi connectivity index (χ2v) is 20.9. The Hall–Kier alpha value is -3.38. The van der Waals surface area contributed by atoms with Gasteiger partial charge in [0.15, 0.2) is 0 Å². The minimum absolute atomic E-state index is 0.0372. The second kappa shape index (κ2) is 26.4. The van der Waals surface area contributed by atoms with E-state index in [0.717, 1.165) is 106 Å². The molecule has 2 heterocycles. The van der Waals surface area contributed by atoms with Crippen molar-refractivity contribution in [1.82, 2.24) is 20.4 Å². The van der Waals surface area contributed by atoms with Gasteiger partial charge in [-0.15, -0.1) is 0 Å². The predicted octanol–water partition coefficient (Wildman–Crippen LogP) is 12.6. The van der Waals surface area contributed by atoms with Crippen LogP contribution in [0, 0.1) is 11.8 Å². The van der Waals surface area contributed by atoms with E-state index < -0.39 is 12.2 Å². The van der Waals surface area contributed by atoms with Crippen molar-refractivity contribution in [3.05, 3.63) is 34.4 Å². The summed E-state index contributed by atoms with van der Waals surface area (Å²) < 4.78 is 11.8. The zero-order valence-corrected chi connectivity index (χ0v) is 43.7. The van der Waals surface area contributed by atoms with E-state index in [-0.39, 0.29) is 70.9 Å². The van der Waals surface area contributed by atoms with Gasteiger partial charge in [-0.3, -0.25) is 19.4 Å². The van der Waals surface area contributed by atoms with Crippen LogP contribution in [0.3, 0.4) is 0 Å². The van der Waals surface area contributed by atoms with Gasteiger partial charge < -0.3 is 30.3 Å². The molecule has 2 saturated heterocycles. The van der Waals surface area contributed by atoms with E-state index in [4.69, 9.17) is 9.47 Å². The molecule has 0 saturated carbocycles. The Bertz CT molecular complexity index is 1710. The van der Waals surface area contributed by atoms with Crippen molar-refractivity contribution >= 4 is 24.1 Å². The zero-order valence-electron chi connectivity index (χ0n) is 43.7. The molecule has 2 aliphatic heterocycles. The molecule has 0 spiro atoms. The monoisotopic (exact) mass is 927 g/mol. The Morgan fingerprint density at radius 2 is 1.03 bits per heavy atom. The van der Waals surface area contributed by atoms with Gasteiger partial charge in [-0.1, -0.05) is 119 Å². The standard InChI is InChI=1S/C54H94N4O8/c1-13-19-21-23-25-27-46(59)65-33-31-57-51(9,15-3)35-43(39(7)53(57,11)17-5)42-30-29-41(37-55-49(61)62)48(45(42)38-56-50(63)64)44-36-52(10,16-4)58(54(12,18-6)40(44)8)32-34-66-47(60)28-26-24-22-20-14-2/h29-30,39-40,43-44,55-56H,13-28,31-38H2,1-12H3,(H,61,62)(H,63,64). The SMILES string of the molecule is CCCCCCCC(=O)OCCN1C(C)(CC)CC(c2ccc(CNC(=O)O)c(C3CC(C)(CC)N(CCOC(=O)CCCCCCC)C(C)(CC)C3C)c2CNC(=O)O)C(C)C1(C)CC. The Kier molecular flexibility index (Phi) is 22.8. The first-order chi connectivity index (χ1) is 31.3. The third kappa shape index (κ3) is 14.1. The molecule has 8 unspecified atom stereocenters. The minimum atomic E-state index is -1.11. The number of nitrogens with one attached hydrogen (secondary N) is 2. The molecule has 8 atom stereocenters. The maximum absolute atomic E-state index is 12.9. The number of esters is 2. The van der Waals surface area contributed by atoms with Gasteiger partial charge in [0, 0.05) is 61.2 Å². The van der Waals surface area contributed by atoms with Crippen molar-refractivity contribution in [3.8, 4) is 0 Å². The van der Waals surface area contributed by atoms with Crippen molar-refractivity contribution in [2.75, 3.05) is 26.3 Å². The summed E-state index contributed by atoms with van der Waals surface area (Å²) in [6, 6.07) is 4.26. The largest absolute Gasteiger partial charge is 0.465 e. The average molecular weight is 927 g/mol. The van der Waals surface area contributed by atoms with Gasteiger partial charge in [-0.05, 0) is 125 Å². The number of unbranched alkanes of at least 4 members (excludes halogenated alkanes) is 8. The lowest BCUT2D eigenvalue weighted by atomic mass is 9.59. The van der Waals surface area contributed by atoms with Crippen LogP contribution in [0.25, 0.3) is 0 Å². The number of likely N-dealkylation sites (tertiary alicyclic amines) is 2.